The summed E-state index contributed by atoms with van der Waals surface area (Å²) in [7, 11) is 0. The van der Waals surface area contributed by atoms with Crippen molar-refractivity contribution in [3.05, 3.63) is 95.1 Å². The van der Waals surface area contributed by atoms with Crippen LogP contribution < -0.4 is 0 Å². The van der Waals surface area contributed by atoms with E-state index in [1.165, 1.54) is 38.9 Å². The molecule has 1 aliphatic rings. The van der Waals surface area contributed by atoms with Gasteiger partial charge in [0.2, 0.25) is 0 Å². The third-order valence-corrected chi connectivity index (χ3v) is 7.55. The molecule has 2 nitrogen and oxygen atoms in total. The molecule has 0 saturated heterocycles. The van der Waals surface area contributed by atoms with Gasteiger partial charge in [-0.15, -0.1) is 0 Å². The number of hydrogen-bond acceptors (Lipinski definition) is 2. The van der Waals surface area contributed by atoms with Crippen molar-refractivity contribution in [2.75, 3.05) is 10.7 Å². The number of alkyl halides is 2. The van der Waals surface area contributed by atoms with Crippen molar-refractivity contribution in [1.29, 1.82) is 0 Å². The molecular weight excluding hydrogens is 540 g/mol. The second kappa shape index (κ2) is 8.27. The molecular formula is C29H20Br2O2. The predicted octanol–water partition coefficient (Wildman–Crippen LogP) is 8.34. The molecule has 0 spiro atoms. The third kappa shape index (κ3) is 3.39. The quantitative estimate of drug-likeness (QED) is 0.157. The fourth-order valence-electron chi connectivity index (χ4n) is 5.11. The highest BCUT2D eigenvalue weighted by atomic mass is 79.9. The van der Waals surface area contributed by atoms with E-state index in [1.807, 2.05) is 18.2 Å². The van der Waals surface area contributed by atoms with E-state index in [9.17, 15) is 4.79 Å². The topological polar surface area (TPSA) is 30.2 Å². The molecule has 1 heterocycles. The molecule has 4 heteroatoms. The minimum absolute atomic E-state index is 0.0527. The summed E-state index contributed by atoms with van der Waals surface area (Å²) in [6.45, 7) is 0. The summed E-state index contributed by atoms with van der Waals surface area (Å²) in [4.78, 5) is 12.1. The fraction of sp³-hybridized carbons (Fsp3) is 0.138. The lowest BCUT2D eigenvalue weighted by atomic mass is 9.89. The van der Waals surface area contributed by atoms with Crippen LogP contribution in [0.15, 0.2) is 77.2 Å². The maximum absolute atomic E-state index is 12.1. The van der Waals surface area contributed by atoms with Gasteiger partial charge in [-0.25, -0.2) is 0 Å². The molecule has 6 rings (SSSR count). The number of carbonyl (C=O) groups excluding carboxylic acids is 1. The van der Waals surface area contributed by atoms with E-state index in [4.69, 9.17) is 4.42 Å². The highest BCUT2D eigenvalue weighted by molar-refractivity contribution is 9.09. The average molecular weight is 560 g/mol. The molecule has 0 amide bonds. The second-order valence-corrected chi connectivity index (χ2v) is 9.83. The summed E-state index contributed by atoms with van der Waals surface area (Å²) in [5, 5.41) is 3.34. The number of hydrogen-bond donors (Lipinski definition) is 0. The third-order valence-electron chi connectivity index (χ3n) is 6.64. The van der Waals surface area contributed by atoms with Crippen LogP contribution in [-0.4, -0.2) is 16.4 Å². The summed E-state index contributed by atoms with van der Waals surface area (Å²) in [6, 6.07) is 25.5. The fourth-order valence-corrected chi connectivity index (χ4v) is 5.86. The van der Waals surface area contributed by atoms with Crippen LogP contribution in [0.3, 0.4) is 0 Å². The smallest absolute Gasteiger partial charge is 0.173 e. The molecule has 162 valence electrons. The summed E-state index contributed by atoms with van der Waals surface area (Å²) in [6.07, 6.45) is 1.92. The molecule has 0 radical (unpaired) electrons. The Morgan fingerprint density at radius 3 is 2.45 bits per heavy atom. The first-order valence-corrected chi connectivity index (χ1v) is 13.3. The normalized spacial score (nSPS) is 12.3. The molecule has 0 fully saturated rings. The zero-order valence-corrected chi connectivity index (χ0v) is 21.0. The van der Waals surface area contributed by atoms with Gasteiger partial charge < -0.3 is 4.42 Å². The number of Topliss-reactive ketones (excluding diaryl/α,β-unsaturated/α-hetero) is 1. The van der Waals surface area contributed by atoms with Crippen molar-refractivity contribution in [3.8, 4) is 22.3 Å². The van der Waals surface area contributed by atoms with Gasteiger partial charge in [0.05, 0.1) is 5.33 Å². The van der Waals surface area contributed by atoms with Crippen LogP contribution in [0.5, 0.6) is 0 Å². The zero-order chi connectivity index (χ0) is 22.5. The molecule has 0 atom stereocenters. The van der Waals surface area contributed by atoms with Crippen molar-refractivity contribution in [1.82, 2.24) is 0 Å². The number of carbonyl (C=O) groups is 1. The van der Waals surface area contributed by atoms with Gasteiger partial charge in [0.15, 0.2) is 5.78 Å². The molecule has 5 aromatic rings. The standard InChI is InChI=1S/C29H20Br2O2/c30-12-11-17-5-8-22-21-4-2-1-3-18(21)13-25(22)29(17)20-7-10-24-23-9-6-19(26(32)16-31)14-27(23)33-28(24)15-20/h1-10,14-15H,11-13,16H2. The summed E-state index contributed by atoms with van der Waals surface area (Å²) >= 11 is 6.90. The van der Waals surface area contributed by atoms with E-state index in [0.29, 0.717) is 10.9 Å². The van der Waals surface area contributed by atoms with Crippen LogP contribution in [0.2, 0.25) is 0 Å². The van der Waals surface area contributed by atoms with Crippen LogP contribution in [0.4, 0.5) is 0 Å². The van der Waals surface area contributed by atoms with Crippen LogP contribution in [0.1, 0.15) is 27.0 Å². The Balaban J connectivity index is 1.54. The zero-order valence-electron chi connectivity index (χ0n) is 17.8. The lowest BCUT2D eigenvalue weighted by molar-refractivity contribution is 0.102. The number of ketones is 1. The number of halogens is 2. The monoisotopic (exact) mass is 558 g/mol. The lowest BCUT2D eigenvalue weighted by Crippen LogP contribution is -1.98. The molecule has 0 unspecified atom stereocenters. The van der Waals surface area contributed by atoms with E-state index in [-0.39, 0.29) is 5.78 Å². The van der Waals surface area contributed by atoms with Gasteiger partial charge in [-0.05, 0) is 76.1 Å². The Labute approximate surface area is 208 Å². The van der Waals surface area contributed by atoms with Crippen LogP contribution in [0.25, 0.3) is 44.2 Å². The summed E-state index contributed by atoms with van der Waals surface area (Å²) in [5.74, 6) is 0.0527. The molecule has 1 aromatic heterocycles. The number of rotatable bonds is 5. The first-order chi connectivity index (χ1) is 16.2. The van der Waals surface area contributed by atoms with Gasteiger partial charge in [0, 0.05) is 21.7 Å². The number of benzene rings is 4. The van der Waals surface area contributed by atoms with Gasteiger partial charge in [-0.3, -0.25) is 4.79 Å². The van der Waals surface area contributed by atoms with Gasteiger partial charge in [0.25, 0.3) is 0 Å². The van der Waals surface area contributed by atoms with Crippen LogP contribution >= 0.6 is 31.9 Å². The Morgan fingerprint density at radius 1 is 0.848 bits per heavy atom. The van der Waals surface area contributed by atoms with Crippen molar-refractivity contribution in [2.24, 2.45) is 0 Å². The minimum atomic E-state index is 0.0527. The molecule has 0 aliphatic heterocycles. The average Bonchev–Trinajstić information content (AvgIpc) is 3.40. The first kappa shape index (κ1) is 20.9. The van der Waals surface area contributed by atoms with Gasteiger partial charge >= 0.3 is 0 Å². The number of furan rings is 1. The Kier molecular flexibility index (Phi) is 5.23. The molecule has 0 bridgehead atoms. The van der Waals surface area contributed by atoms with E-state index < -0.39 is 0 Å². The van der Waals surface area contributed by atoms with E-state index in [1.54, 1.807) is 0 Å². The maximum atomic E-state index is 12.1. The Bertz CT molecular complexity index is 1560. The van der Waals surface area contributed by atoms with E-state index >= 15 is 0 Å². The van der Waals surface area contributed by atoms with E-state index in [0.717, 1.165) is 40.1 Å². The van der Waals surface area contributed by atoms with Gasteiger partial charge in [-0.2, -0.15) is 0 Å². The second-order valence-electron chi connectivity index (χ2n) is 8.48. The first-order valence-electron chi connectivity index (χ1n) is 11.0. The highest BCUT2D eigenvalue weighted by Gasteiger charge is 2.24. The summed E-state index contributed by atoms with van der Waals surface area (Å²) in [5.41, 5.74) is 11.6. The van der Waals surface area contributed by atoms with Gasteiger partial charge in [0.1, 0.15) is 11.2 Å². The largest absolute Gasteiger partial charge is 0.456 e. The molecule has 1 aliphatic carbocycles. The van der Waals surface area contributed by atoms with Crippen molar-refractivity contribution in [3.63, 3.8) is 0 Å². The minimum Gasteiger partial charge on any atom is -0.456 e. The molecule has 4 aromatic carbocycles. The van der Waals surface area contributed by atoms with E-state index in [2.05, 4.69) is 86.5 Å². The highest BCUT2D eigenvalue weighted by Crippen LogP contribution is 2.44. The maximum Gasteiger partial charge on any atom is 0.173 e. The van der Waals surface area contributed by atoms with Crippen molar-refractivity contribution >= 4 is 59.6 Å². The molecule has 33 heavy (non-hydrogen) atoms. The number of fused-ring (bicyclic) bond motifs is 6. The Hall–Kier alpha value is -2.69. The van der Waals surface area contributed by atoms with Crippen LogP contribution in [-0.2, 0) is 12.8 Å². The number of aryl methyl sites for hydroxylation is 1. The van der Waals surface area contributed by atoms with Crippen molar-refractivity contribution < 1.29 is 9.21 Å². The van der Waals surface area contributed by atoms with Gasteiger partial charge in [-0.1, -0.05) is 80.4 Å². The Morgan fingerprint density at radius 2 is 1.64 bits per heavy atom. The molecule has 0 N–H and O–H groups in total. The summed E-state index contributed by atoms with van der Waals surface area (Å²) < 4.78 is 6.25. The molecule has 0 saturated carbocycles. The lowest BCUT2D eigenvalue weighted by Gasteiger charge is -2.15. The van der Waals surface area contributed by atoms with Crippen LogP contribution in [0, 0.1) is 0 Å². The SMILES string of the molecule is O=C(CBr)c1ccc2c(c1)oc1cc(-c3c(CCBr)ccc4c3Cc3ccccc3-4)ccc12. The van der Waals surface area contributed by atoms with Crippen molar-refractivity contribution in [2.45, 2.75) is 12.8 Å². The predicted molar refractivity (Wildman–Crippen MR) is 143 cm³/mol.